The molecule has 1 fully saturated rings. The lowest BCUT2D eigenvalue weighted by Gasteiger charge is -2.29. The van der Waals surface area contributed by atoms with E-state index in [2.05, 4.69) is 29.1 Å². The van der Waals surface area contributed by atoms with Crippen LogP contribution >= 0.6 is 0 Å². The van der Waals surface area contributed by atoms with Crippen LogP contribution in [0.1, 0.15) is 11.3 Å². The van der Waals surface area contributed by atoms with Gasteiger partial charge in [-0.25, -0.2) is 0 Å². The van der Waals surface area contributed by atoms with Crippen LogP contribution in [0.15, 0.2) is 48.3 Å². The Labute approximate surface area is 154 Å². The largest absolute Gasteiger partial charge is 0.378 e. The second kappa shape index (κ2) is 8.34. The number of hydrogen-bond acceptors (Lipinski definition) is 3. The first-order valence-electron chi connectivity index (χ1n) is 9.17. The molecule has 1 aromatic carbocycles. The van der Waals surface area contributed by atoms with Crippen LogP contribution in [0.2, 0.25) is 0 Å². The quantitative estimate of drug-likeness (QED) is 0.740. The van der Waals surface area contributed by atoms with Crippen molar-refractivity contribution in [2.24, 2.45) is 0 Å². The van der Waals surface area contributed by atoms with Crippen molar-refractivity contribution in [3.63, 3.8) is 0 Å². The van der Waals surface area contributed by atoms with E-state index in [-0.39, 0.29) is 5.43 Å². The highest BCUT2D eigenvalue weighted by molar-refractivity contribution is 5.83. The van der Waals surface area contributed by atoms with Crippen molar-refractivity contribution in [2.75, 3.05) is 44.3 Å². The molecule has 1 aromatic heterocycles. The van der Waals surface area contributed by atoms with Crippen LogP contribution in [0.3, 0.4) is 0 Å². The minimum Gasteiger partial charge on any atom is -0.378 e. The first kappa shape index (κ1) is 18.4. The lowest BCUT2D eigenvalue weighted by molar-refractivity contribution is -0.902. The van der Waals surface area contributed by atoms with Gasteiger partial charge >= 0.3 is 0 Å². The summed E-state index contributed by atoms with van der Waals surface area (Å²) in [6.07, 6.45) is 3.78. The smallest absolute Gasteiger partial charge is 0.198 e. The summed E-state index contributed by atoms with van der Waals surface area (Å²) in [5.74, 6) is 0. The Morgan fingerprint density at radius 1 is 1.23 bits per heavy atom. The molecule has 2 aromatic rings. The Bertz CT molecular complexity index is 840. The Hall–Kier alpha value is -2.37. The van der Waals surface area contributed by atoms with Gasteiger partial charge in [0.25, 0.3) is 0 Å². The normalized spacial score (nSPS) is 14.8. The number of aromatic amines is 1. The summed E-state index contributed by atoms with van der Waals surface area (Å²) in [7, 11) is 0. The van der Waals surface area contributed by atoms with Gasteiger partial charge in [-0.2, -0.15) is 0 Å². The second-order valence-electron chi connectivity index (χ2n) is 6.80. The molecule has 0 amide bonds. The predicted octanol–water partition coefficient (Wildman–Crippen LogP) is 1.43. The molecule has 0 unspecified atom stereocenters. The number of ether oxygens (including phenoxy) is 1. The summed E-state index contributed by atoms with van der Waals surface area (Å²) in [5, 5.41) is 0.756. The van der Waals surface area contributed by atoms with Gasteiger partial charge in [-0.1, -0.05) is 13.2 Å². The number of nitrogens with one attached hydrogen (secondary N) is 2. The van der Waals surface area contributed by atoms with E-state index in [4.69, 9.17) is 4.74 Å². The third-order valence-corrected chi connectivity index (χ3v) is 4.97. The molecule has 138 valence electrons. The van der Waals surface area contributed by atoms with Crippen LogP contribution in [0.5, 0.6) is 0 Å². The molecular weight excluding hydrogens is 326 g/mol. The molecule has 1 saturated heterocycles. The standard InChI is InChI=1S/C21H27N3O2/c1-4-8-23(9-5-2)15-19-16(3)22-20-7-6-17(14-18(20)21(19)25)24-10-12-26-13-11-24/h4-7,14H,1-2,8-13,15H2,3H3,(H,22,25)/p+1. The summed E-state index contributed by atoms with van der Waals surface area (Å²) < 4.78 is 5.43. The van der Waals surface area contributed by atoms with E-state index in [0.717, 1.165) is 67.2 Å². The molecule has 0 saturated carbocycles. The van der Waals surface area contributed by atoms with Crippen molar-refractivity contribution in [2.45, 2.75) is 13.5 Å². The van der Waals surface area contributed by atoms with Crippen LogP contribution in [0.25, 0.3) is 10.9 Å². The van der Waals surface area contributed by atoms with Crippen molar-refractivity contribution in [1.82, 2.24) is 4.98 Å². The van der Waals surface area contributed by atoms with Gasteiger partial charge in [-0.05, 0) is 37.3 Å². The van der Waals surface area contributed by atoms with Gasteiger partial charge in [0, 0.05) is 35.4 Å². The maximum Gasteiger partial charge on any atom is 0.198 e. The number of hydrogen-bond donors (Lipinski definition) is 2. The van der Waals surface area contributed by atoms with Crippen molar-refractivity contribution in [3.8, 4) is 0 Å². The monoisotopic (exact) mass is 354 g/mol. The second-order valence-corrected chi connectivity index (χ2v) is 6.80. The Morgan fingerprint density at radius 2 is 1.92 bits per heavy atom. The molecule has 2 heterocycles. The van der Waals surface area contributed by atoms with Crippen molar-refractivity contribution in [3.05, 3.63) is 65.0 Å². The fourth-order valence-corrected chi connectivity index (χ4v) is 3.56. The van der Waals surface area contributed by atoms with Gasteiger partial charge in [0.1, 0.15) is 6.54 Å². The van der Waals surface area contributed by atoms with E-state index < -0.39 is 0 Å². The van der Waals surface area contributed by atoms with E-state index in [1.54, 1.807) is 0 Å². The summed E-state index contributed by atoms with van der Waals surface area (Å²) >= 11 is 0. The van der Waals surface area contributed by atoms with E-state index >= 15 is 0 Å². The minimum atomic E-state index is 0.122. The lowest BCUT2D eigenvalue weighted by Crippen LogP contribution is -3.10. The molecule has 5 heteroatoms. The molecule has 0 atom stereocenters. The summed E-state index contributed by atoms with van der Waals surface area (Å²) in [6.45, 7) is 15.1. The fraction of sp³-hybridized carbons (Fsp3) is 0.381. The van der Waals surface area contributed by atoms with Gasteiger partial charge in [-0.3, -0.25) is 4.79 Å². The first-order valence-corrected chi connectivity index (χ1v) is 9.17. The van der Waals surface area contributed by atoms with Gasteiger partial charge in [0.05, 0.1) is 31.9 Å². The highest BCUT2D eigenvalue weighted by Crippen LogP contribution is 2.21. The van der Waals surface area contributed by atoms with E-state index in [1.807, 2.05) is 31.2 Å². The zero-order chi connectivity index (χ0) is 18.5. The topological polar surface area (TPSA) is 49.8 Å². The van der Waals surface area contributed by atoms with Crippen LogP contribution < -0.4 is 15.2 Å². The third-order valence-electron chi connectivity index (χ3n) is 4.97. The summed E-state index contributed by atoms with van der Waals surface area (Å²) in [6, 6.07) is 6.11. The van der Waals surface area contributed by atoms with Crippen molar-refractivity contribution >= 4 is 16.6 Å². The van der Waals surface area contributed by atoms with E-state index in [0.29, 0.717) is 6.54 Å². The van der Waals surface area contributed by atoms with Gasteiger partial charge in [0.2, 0.25) is 0 Å². The van der Waals surface area contributed by atoms with Gasteiger partial charge < -0.3 is 19.5 Å². The minimum absolute atomic E-state index is 0.122. The molecule has 0 bridgehead atoms. The van der Waals surface area contributed by atoms with E-state index in [1.165, 1.54) is 4.90 Å². The van der Waals surface area contributed by atoms with Crippen LogP contribution in [-0.2, 0) is 11.3 Å². The lowest BCUT2D eigenvalue weighted by atomic mass is 10.1. The molecule has 0 radical (unpaired) electrons. The number of pyridine rings is 1. The van der Waals surface area contributed by atoms with Crippen molar-refractivity contribution < 1.29 is 9.64 Å². The molecule has 1 aliphatic rings. The van der Waals surface area contributed by atoms with Crippen LogP contribution in [-0.4, -0.2) is 44.4 Å². The number of aryl methyl sites for hydroxylation is 1. The third kappa shape index (κ3) is 3.89. The number of morpholine rings is 1. The number of H-pyrrole nitrogens is 1. The predicted molar refractivity (Wildman–Crippen MR) is 107 cm³/mol. The average Bonchev–Trinajstić information content (AvgIpc) is 2.66. The number of fused-ring (bicyclic) bond motifs is 1. The molecule has 0 spiro atoms. The van der Waals surface area contributed by atoms with Crippen LogP contribution in [0, 0.1) is 6.92 Å². The number of rotatable bonds is 7. The van der Waals surface area contributed by atoms with Crippen molar-refractivity contribution in [1.29, 1.82) is 0 Å². The average molecular weight is 354 g/mol. The molecule has 0 aliphatic carbocycles. The number of quaternary nitrogens is 1. The maximum atomic E-state index is 13.2. The maximum absolute atomic E-state index is 13.2. The molecule has 26 heavy (non-hydrogen) atoms. The zero-order valence-corrected chi connectivity index (χ0v) is 15.5. The van der Waals surface area contributed by atoms with Gasteiger partial charge in [-0.15, -0.1) is 0 Å². The molecular formula is C21H28N3O2+. The molecule has 3 rings (SSSR count). The summed E-state index contributed by atoms with van der Waals surface area (Å²) in [4.78, 5) is 20.1. The zero-order valence-electron chi connectivity index (χ0n) is 15.5. The highest BCUT2D eigenvalue weighted by Gasteiger charge is 2.17. The summed E-state index contributed by atoms with van der Waals surface area (Å²) in [5.41, 5.74) is 3.88. The SMILES string of the molecule is C=CC[NH+](CC=C)Cc1c(C)[nH]c2ccc(N3CCOCC3)cc2c1=O. The molecule has 1 aliphatic heterocycles. The highest BCUT2D eigenvalue weighted by atomic mass is 16.5. The molecule has 5 nitrogen and oxygen atoms in total. The first-order chi connectivity index (χ1) is 12.6. The molecule has 2 N–H and O–H groups in total. The van der Waals surface area contributed by atoms with Crippen LogP contribution in [0.4, 0.5) is 5.69 Å². The Morgan fingerprint density at radius 3 is 2.58 bits per heavy atom. The number of aromatic nitrogens is 1. The number of benzene rings is 1. The van der Waals surface area contributed by atoms with Gasteiger partial charge in [0.15, 0.2) is 5.43 Å². The Kier molecular flexibility index (Phi) is 5.91. The number of anilines is 1. The Balaban J connectivity index is 1.99. The fourth-order valence-electron chi connectivity index (χ4n) is 3.56. The van der Waals surface area contributed by atoms with E-state index in [9.17, 15) is 4.79 Å². The number of nitrogens with zero attached hydrogens (tertiary/aromatic N) is 1.